The summed E-state index contributed by atoms with van der Waals surface area (Å²) < 4.78 is 0. The van der Waals surface area contributed by atoms with Crippen LogP contribution in [-0.2, 0) is 6.54 Å². The predicted octanol–water partition coefficient (Wildman–Crippen LogP) is 3.27. The number of nitrogens with two attached hydrogens (primary N) is 1. The molecule has 2 aromatic rings. The van der Waals surface area contributed by atoms with Crippen molar-refractivity contribution >= 4 is 22.2 Å². The normalized spacial score (nSPS) is 10.6. The molecule has 1 aromatic heterocycles. The molecule has 17 heavy (non-hydrogen) atoms. The van der Waals surface area contributed by atoms with Crippen molar-refractivity contribution in [2.75, 3.05) is 5.32 Å². The van der Waals surface area contributed by atoms with Gasteiger partial charge in [0.15, 0.2) is 5.13 Å². The third-order valence-corrected chi connectivity index (χ3v) is 3.77. The lowest BCUT2D eigenvalue weighted by atomic mass is 10.1. The Morgan fingerprint density at radius 1 is 1.18 bits per heavy atom. The van der Waals surface area contributed by atoms with E-state index < -0.39 is 0 Å². The van der Waals surface area contributed by atoms with Crippen molar-refractivity contribution in [1.82, 2.24) is 4.98 Å². The number of thiazole rings is 1. The van der Waals surface area contributed by atoms with Gasteiger partial charge in [0.05, 0.1) is 0 Å². The Labute approximate surface area is 106 Å². The van der Waals surface area contributed by atoms with E-state index in [2.05, 4.69) is 43.2 Å². The second-order valence-electron chi connectivity index (χ2n) is 4.21. The van der Waals surface area contributed by atoms with Gasteiger partial charge in [-0.3, -0.25) is 0 Å². The van der Waals surface area contributed by atoms with Crippen LogP contribution in [0.25, 0.3) is 0 Å². The highest BCUT2D eigenvalue weighted by atomic mass is 32.1. The zero-order valence-corrected chi connectivity index (χ0v) is 11.2. The third-order valence-electron chi connectivity index (χ3n) is 2.84. The first kappa shape index (κ1) is 12.1. The van der Waals surface area contributed by atoms with E-state index in [1.807, 2.05) is 6.20 Å². The fourth-order valence-electron chi connectivity index (χ4n) is 1.67. The number of hydrogen-bond donors (Lipinski definition) is 2. The maximum Gasteiger partial charge on any atom is 0.187 e. The lowest BCUT2D eigenvalue weighted by Gasteiger charge is -2.10. The van der Waals surface area contributed by atoms with E-state index in [0.29, 0.717) is 6.54 Å². The first-order valence-electron chi connectivity index (χ1n) is 5.60. The van der Waals surface area contributed by atoms with Crippen LogP contribution in [0.15, 0.2) is 18.3 Å². The van der Waals surface area contributed by atoms with Gasteiger partial charge >= 0.3 is 0 Å². The summed E-state index contributed by atoms with van der Waals surface area (Å²) in [4.78, 5) is 5.39. The highest BCUT2D eigenvalue weighted by molar-refractivity contribution is 7.15. The molecule has 2 rings (SSSR count). The molecule has 90 valence electrons. The minimum Gasteiger partial charge on any atom is -0.331 e. The lowest BCUT2D eigenvalue weighted by Crippen LogP contribution is -1.94. The second-order valence-corrected chi connectivity index (χ2v) is 5.33. The summed E-state index contributed by atoms with van der Waals surface area (Å²) >= 11 is 1.60. The van der Waals surface area contributed by atoms with Gasteiger partial charge in [-0.15, -0.1) is 11.3 Å². The van der Waals surface area contributed by atoms with Crippen molar-refractivity contribution in [2.45, 2.75) is 27.3 Å². The monoisotopic (exact) mass is 247 g/mol. The van der Waals surface area contributed by atoms with Crippen molar-refractivity contribution in [3.63, 3.8) is 0 Å². The van der Waals surface area contributed by atoms with Crippen LogP contribution in [0.1, 0.15) is 21.6 Å². The van der Waals surface area contributed by atoms with Crippen molar-refractivity contribution < 1.29 is 0 Å². The molecule has 0 aliphatic carbocycles. The molecular weight excluding hydrogens is 230 g/mol. The summed E-state index contributed by atoms with van der Waals surface area (Å²) in [5, 5.41) is 4.25. The van der Waals surface area contributed by atoms with E-state index in [0.717, 1.165) is 15.7 Å². The van der Waals surface area contributed by atoms with Gasteiger partial charge in [0.1, 0.15) is 0 Å². The molecule has 0 saturated heterocycles. The molecular formula is C13H17N3S. The van der Waals surface area contributed by atoms with E-state index in [9.17, 15) is 0 Å². The third kappa shape index (κ3) is 2.65. The Kier molecular flexibility index (Phi) is 3.45. The topological polar surface area (TPSA) is 50.9 Å². The molecule has 0 aliphatic heterocycles. The molecule has 0 spiro atoms. The van der Waals surface area contributed by atoms with Crippen LogP contribution in [0, 0.1) is 20.8 Å². The quantitative estimate of drug-likeness (QED) is 0.875. The highest BCUT2D eigenvalue weighted by Gasteiger charge is 2.05. The summed E-state index contributed by atoms with van der Waals surface area (Å²) in [5.41, 5.74) is 10.5. The minimum atomic E-state index is 0.547. The lowest BCUT2D eigenvalue weighted by molar-refractivity contribution is 1.10. The standard InChI is InChI=1S/C13H17N3S/c1-8-4-10(3)12(5-9(8)2)16-13-15-7-11(6-14)17-13/h4-5,7H,6,14H2,1-3H3,(H,15,16). The van der Waals surface area contributed by atoms with Gasteiger partial charge in [0, 0.05) is 23.3 Å². The average Bonchev–Trinajstić information content (AvgIpc) is 2.73. The molecule has 0 saturated carbocycles. The number of hydrogen-bond acceptors (Lipinski definition) is 4. The van der Waals surface area contributed by atoms with Crippen molar-refractivity contribution in [1.29, 1.82) is 0 Å². The van der Waals surface area contributed by atoms with Crippen LogP contribution >= 0.6 is 11.3 Å². The number of nitrogens with one attached hydrogen (secondary N) is 1. The Balaban J connectivity index is 2.26. The molecule has 4 heteroatoms. The van der Waals surface area contributed by atoms with Gasteiger partial charge in [-0.25, -0.2) is 4.98 Å². The summed E-state index contributed by atoms with van der Waals surface area (Å²) in [5.74, 6) is 0. The van der Waals surface area contributed by atoms with Crippen LogP contribution in [0.3, 0.4) is 0 Å². The van der Waals surface area contributed by atoms with E-state index >= 15 is 0 Å². The Bertz CT molecular complexity index is 531. The number of nitrogens with zero attached hydrogens (tertiary/aromatic N) is 1. The summed E-state index contributed by atoms with van der Waals surface area (Å²) in [6.07, 6.45) is 1.82. The molecule has 1 heterocycles. The second kappa shape index (κ2) is 4.85. The molecule has 1 aromatic carbocycles. The zero-order chi connectivity index (χ0) is 12.4. The van der Waals surface area contributed by atoms with Crippen LogP contribution in [0.4, 0.5) is 10.8 Å². The van der Waals surface area contributed by atoms with E-state index in [-0.39, 0.29) is 0 Å². The SMILES string of the molecule is Cc1cc(C)c(Nc2ncc(CN)s2)cc1C. The Morgan fingerprint density at radius 2 is 1.88 bits per heavy atom. The Morgan fingerprint density at radius 3 is 2.53 bits per heavy atom. The summed E-state index contributed by atoms with van der Waals surface area (Å²) in [7, 11) is 0. The molecule has 0 unspecified atom stereocenters. The Hall–Kier alpha value is -1.39. The largest absolute Gasteiger partial charge is 0.331 e. The fourth-order valence-corrected chi connectivity index (χ4v) is 2.37. The predicted molar refractivity (Wildman–Crippen MR) is 73.9 cm³/mol. The smallest absolute Gasteiger partial charge is 0.187 e. The number of aromatic nitrogens is 1. The van der Waals surface area contributed by atoms with Gasteiger partial charge in [0.25, 0.3) is 0 Å². The minimum absolute atomic E-state index is 0.547. The summed E-state index contributed by atoms with van der Waals surface area (Å²) in [6.45, 7) is 6.90. The maximum atomic E-state index is 5.57. The highest BCUT2D eigenvalue weighted by Crippen LogP contribution is 2.26. The van der Waals surface area contributed by atoms with Crippen LogP contribution in [0.5, 0.6) is 0 Å². The maximum absolute atomic E-state index is 5.57. The molecule has 0 atom stereocenters. The van der Waals surface area contributed by atoms with Gasteiger partial charge in [-0.2, -0.15) is 0 Å². The van der Waals surface area contributed by atoms with Crippen LogP contribution in [-0.4, -0.2) is 4.98 Å². The van der Waals surface area contributed by atoms with Gasteiger partial charge in [-0.05, 0) is 43.5 Å². The van der Waals surface area contributed by atoms with Gasteiger partial charge in [-0.1, -0.05) is 6.07 Å². The molecule has 3 nitrogen and oxygen atoms in total. The van der Waals surface area contributed by atoms with Gasteiger partial charge in [0.2, 0.25) is 0 Å². The molecule has 3 N–H and O–H groups in total. The van der Waals surface area contributed by atoms with Crippen molar-refractivity contribution in [2.24, 2.45) is 5.73 Å². The zero-order valence-electron chi connectivity index (χ0n) is 10.4. The number of rotatable bonds is 3. The van der Waals surface area contributed by atoms with E-state index in [4.69, 9.17) is 5.73 Å². The van der Waals surface area contributed by atoms with Crippen molar-refractivity contribution in [3.05, 3.63) is 39.9 Å². The van der Waals surface area contributed by atoms with Gasteiger partial charge < -0.3 is 11.1 Å². The molecule has 0 amide bonds. The molecule has 0 bridgehead atoms. The first-order valence-corrected chi connectivity index (χ1v) is 6.41. The van der Waals surface area contributed by atoms with Crippen LogP contribution < -0.4 is 11.1 Å². The molecule has 0 aliphatic rings. The number of benzene rings is 1. The fraction of sp³-hybridized carbons (Fsp3) is 0.308. The average molecular weight is 247 g/mol. The summed E-state index contributed by atoms with van der Waals surface area (Å²) in [6, 6.07) is 4.35. The molecule has 0 radical (unpaired) electrons. The van der Waals surface area contributed by atoms with E-state index in [1.54, 1.807) is 11.3 Å². The van der Waals surface area contributed by atoms with Crippen molar-refractivity contribution in [3.8, 4) is 0 Å². The molecule has 0 fully saturated rings. The van der Waals surface area contributed by atoms with E-state index in [1.165, 1.54) is 16.7 Å². The number of aryl methyl sites for hydroxylation is 3. The first-order chi connectivity index (χ1) is 8.10. The van der Waals surface area contributed by atoms with Crippen LogP contribution in [0.2, 0.25) is 0 Å². The number of anilines is 2.